The van der Waals surface area contributed by atoms with Crippen LogP contribution in [0.15, 0.2) is 45.7 Å². The lowest BCUT2D eigenvalue weighted by Crippen LogP contribution is -2.04. The lowest BCUT2D eigenvalue weighted by Gasteiger charge is -2.11. The number of anilines is 1. The molecule has 136 valence electrons. The number of thiophene rings is 1. The maximum Gasteiger partial charge on any atom is 0.156 e. The molecular formula is C20H17BrN4OS. The molecule has 5 nitrogen and oxygen atoms in total. The van der Waals surface area contributed by atoms with Gasteiger partial charge in [-0.15, -0.1) is 11.3 Å². The Kier molecular flexibility index (Phi) is 4.41. The van der Waals surface area contributed by atoms with Gasteiger partial charge in [0.15, 0.2) is 5.76 Å². The van der Waals surface area contributed by atoms with E-state index < -0.39 is 0 Å². The van der Waals surface area contributed by atoms with Crippen molar-refractivity contribution in [1.82, 2.24) is 15.1 Å². The van der Waals surface area contributed by atoms with E-state index in [2.05, 4.69) is 36.4 Å². The first-order valence-corrected chi connectivity index (χ1v) is 10.6. The van der Waals surface area contributed by atoms with Crippen LogP contribution in [-0.2, 0) is 19.4 Å². The zero-order valence-electron chi connectivity index (χ0n) is 14.5. The number of nitrogens with one attached hydrogen (secondary N) is 1. The molecule has 27 heavy (non-hydrogen) atoms. The number of fused-ring (bicyclic) bond motifs is 3. The zero-order valence-corrected chi connectivity index (χ0v) is 16.9. The van der Waals surface area contributed by atoms with Gasteiger partial charge in [0.2, 0.25) is 0 Å². The highest BCUT2D eigenvalue weighted by molar-refractivity contribution is 9.10. The van der Waals surface area contributed by atoms with Crippen molar-refractivity contribution in [2.45, 2.75) is 32.2 Å². The summed E-state index contributed by atoms with van der Waals surface area (Å²) in [4.78, 5) is 11.5. The van der Waals surface area contributed by atoms with Crippen molar-refractivity contribution in [3.63, 3.8) is 0 Å². The molecule has 3 heterocycles. The molecule has 1 aliphatic rings. The van der Waals surface area contributed by atoms with E-state index in [-0.39, 0.29) is 0 Å². The largest absolute Gasteiger partial charge is 0.362 e. The molecule has 4 aromatic rings. The molecule has 0 unspecified atom stereocenters. The van der Waals surface area contributed by atoms with Gasteiger partial charge in [0.1, 0.15) is 22.7 Å². The zero-order chi connectivity index (χ0) is 18.2. The Hall–Kier alpha value is -2.25. The van der Waals surface area contributed by atoms with E-state index >= 15 is 0 Å². The van der Waals surface area contributed by atoms with Crippen molar-refractivity contribution in [3.8, 4) is 11.3 Å². The molecule has 1 aromatic carbocycles. The summed E-state index contributed by atoms with van der Waals surface area (Å²) >= 11 is 5.26. The maximum atomic E-state index is 5.51. The standard InChI is InChI=1S/C20H17BrN4OS/c21-13-7-5-12(6-8-13)16-9-14(26-25-16)10-22-19-18-15-3-1-2-4-17(15)27-20(18)24-11-23-19/h5-9,11H,1-4,10H2,(H,22,23,24). The van der Waals surface area contributed by atoms with Crippen LogP contribution in [0.25, 0.3) is 21.5 Å². The minimum atomic E-state index is 0.542. The monoisotopic (exact) mass is 440 g/mol. The number of aromatic nitrogens is 3. The molecule has 7 heteroatoms. The smallest absolute Gasteiger partial charge is 0.156 e. The highest BCUT2D eigenvalue weighted by atomic mass is 79.9. The highest BCUT2D eigenvalue weighted by Crippen LogP contribution is 2.38. The van der Waals surface area contributed by atoms with Gasteiger partial charge in [-0.05, 0) is 43.4 Å². The Balaban J connectivity index is 1.39. The third-order valence-electron chi connectivity index (χ3n) is 4.88. The van der Waals surface area contributed by atoms with Crippen LogP contribution in [-0.4, -0.2) is 15.1 Å². The van der Waals surface area contributed by atoms with Crippen molar-refractivity contribution in [3.05, 3.63) is 57.3 Å². The second kappa shape index (κ2) is 7.05. The van der Waals surface area contributed by atoms with Gasteiger partial charge in [-0.1, -0.05) is 33.2 Å². The number of rotatable bonds is 4. The Bertz CT molecular complexity index is 1100. The first-order chi connectivity index (χ1) is 13.3. The normalized spacial score (nSPS) is 13.7. The summed E-state index contributed by atoms with van der Waals surface area (Å²) < 4.78 is 6.56. The molecule has 0 bridgehead atoms. The molecule has 5 rings (SSSR count). The lowest BCUT2D eigenvalue weighted by atomic mass is 9.97. The summed E-state index contributed by atoms with van der Waals surface area (Å²) in [6.45, 7) is 0.542. The van der Waals surface area contributed by atoms with Crippen molar-refractivity contribution in [1.29, 1.82) is 0 Å². The van der Waals surface area contributed by atoms with E-state index in [1.807, 2.05) is 41.7 Å². The van der Waals surface area contributed by atoms with Crippen LogP contribution < -0.4 is 5.32 Å². The molecule has 0 spiro atoms. The van der Waals surface area contributed by atoms with Crippen LogP contribution in [0.5, 0.6) is 0 Å². The summed E-state index contributed by atoms with van der Waals surface area (Å²) in [5, 5.41) is 8.80. The quantitative estimate of drug-likeness (QED) is 0.447. The van der Waals surface area contributed by atoms with E-state index in [4.69, 9.17) is 4.52 Å². The fourth-order valence-electron chi connectivity index (χ4n) is 3.55. The Morgan fingerprint density at radius 3 is 2.85 bits per heavy atom. The Morgan fingerprint density at radius 2 is 1.96 bits per heavy atom. The number of benzene rings is 1. The van der Waals surface area contributed by atoms with Crippen LogP contribution in [0.1, 0.15) is 29.0 Å². The third kappa shape index (κ3) is 3.26. The molecule has 0 amide bonds. The van der Waals surface area contributed by atoms with Crippen LogP contribution in [0.2, 0.25) is 0 Å². The van der Waals surface area contributed by atoms with Gasteiger partial charge in [0, 0.05) is 21.0 Å². The first kappa shape index (κ1) is 16.9. The molecule has 0 radical (unpaired) electrons. The maximum absolute atomic E-state index is 5.51. The molecule has 0 fully saturated rings. The summed E-state index contributed by atoms with van der Waals surface area (Å²) in [6, 6.07) is 10.0. The molecule has 0 saturated heterocycles. The fraction of sp³-hybridized carbons (Fsp3) is 0.250. The molecule has 0 saturated carbocycles. The molecule has 0 aliphatic heterocycles. The fourth-order valence-corrected chi connectivity index (χ4v) is 5.04. The number of aryl methyl sites for hydroxylation is 2. The second-order valence-electron chi connectivity index (χ2n) is 6.65. The molecule has 0 atom stereocenters. The van der Waals surface area contributed by atoms with Crippen molar-refractivity contribution in [2.75, 3.05) is 5.32 Å². The van der Waals surface area contributed by atoms with Gasteiger partial charge in [-0.25, -0.2) is 9.97 Å². The van der Waals surface area contributed by atoms with Gasteiger partial charge >= 0.3 is 0 Å². The predicted molar refractivity (Wildman–Crippen MR) is 111 cm³/mol. The first-order valence-electron chi connectivity index (χ1n) is 8.98. The number of halogens is 1. The van der Waals surface area contributed by atoms with Gasteiger partial charge < -0.3 is 9.84 Å². The number of hydrogen-bond acceptors (Lipinski definition) is 6. The van der Waals surface area contributed by atoms with Crippen LogP contribution >= 0.6 is 27.3 Å². The van der Waals surface area contributed by atoms with Crippen LogP contribution in [0.4, 0.5) is 5.82 Å². The number of nitrogens with zero attached hydrogens (tertiary/aromatic N) is 3. The summed E-state index contributed by atoms with van der Waals surface area (Å²) in [7, 11) is 0. The molecular weight excluding hydrogens is 424 g/mol. The van der Waals surface area contributed by atoms with Crippen LogP contribution in [0.3, 0.4) is 0 Å². The number of hydrogen-bond donors (Lipinski definition) is 1. The second-order valence-corrected chi connectivity index (χ2v) is 8.65. The molecule has 3 aromatic heterocycles. The summed E-state index contributed by atoms with van der Waals surface area (Å²) in [6.07, 6.45) is 6.43. The lowest BCUT2D eigenvalue weighted by molar-refractivity contribution is 0.390. The van der Waals surface area contributed by atoms with E-state index in [1.54, 1.807) is 6.33 Å². The van der Waals surface area contributed by atoms with Crippen molar-refractivity contribution < 1.29 is 4.52 Å². The third-order valence-corrected chi connectivity index (χ3v) is 6.61. The Labute approximate surface area is 169 Å². The average Bonchev–Trinajstić information content (AvgIpc) is 3.31. The minimum absolute atomic E-state index is 0.542. The van der Waals surface area contributed by atoms with E-state index in [1.165, 1.54) is 28.7 Å². The van der Waals surface area contributed by atoms with Crippen molar-refractivity contribution >= 4 is 43.3 Å². The van der Waals surface area contributed by atoms with Crippen LogP contribution in [0, 0.1) is 0 Å². The Morgan fingerprint density at radius 1 is 1.11 bits per heavy atom. The predicted octanol–water partition coefficient (Wildman–Crippen LogP) is 5.60. The topological polar surface area (TPSA) is 63.8 Å². The van der Waals surface area contributed by atoms with Crippen molar-refractivity contribution in [2.24, 2.45) is 0 Å². The summed E-state index contributed by atoms with van der Waals surface area (Å²) in [5.41, 5.74) is 3.29. The van der Waals surface area contributed by atoms with E-state index in [0.717, 1.165) is 45.0 Å². The van der Waals surface area contributed by atoms with E-state index in [0.29, 0.717) is 6.54 Å². The minimum Gasteiger partial charge on any atom is -0.362 e. The van der Waals surface area contributed by atoms with Gasteiger partial charge in [-0.2, -0.15) is 0 Å². The highest BCUT2D eigenvalue weighted by Gasteiger charge is 2.20. The SMILES string of the molecule is Brc1ccc(-c2cc(CNc3ncnc4sc5c(c34)CCCC5)on2)cc1. The molecule has 1 N–H and O–H groups in total. The van der Waals surface area contributed by atoms with Gasteiger partial charge in [0.25, 0.3) is 0 Å². The van der Waals surface area contributed by atoms with E-state index in [9.17, 15) is 0 Å². The average molecular weight is 441 g/mol. The summed E-state index contributed by atoms with van der Waals surface area (Å²) in [5.74, 6) is 1.67. The van der Waals surface area contributed by atoms with Gasteiger partial charge in [0.05, 0.1) is 11.9 Å². The molecule has 1 aliphatic carbocycles. The van der Waals surface area contributed by atoms with Gasteiger partial charge in [-0.3, -0.25) is 0 Å².